The summed E-state index contributed by atoms with van der Waals surface area (Å²) in [6.07, 6.45) is 1.38. The number of benzene rings is 2. The predicted octanol–water partition coefficient (Wildman–Crippen LogP) is 3.16. The Morgan fingerprint density at radius 1 is 1.15 bits per heavy atom. The Morgan fingerprint density at radius 3 is 2.50 bits per heavy atom. The summed E-state index contributed by atoms with van der Waals surface area (Å²) in [5.74, 6) is 0.111. The quantitative estimate of drug-likeness (QED) is 0.406. The number of methoxy groups -OCH3 is 2. The molecule has 12 heteroatoms. The van der Waals surface area contributed by atoms with Gasteiger partial charge in [0.2, 0.25) is 17.6 Å². The van der Waals surface area contributed by atoms with Gasteiger partial charge in [0.15, 0.2) is 11.5 Å². The molecule has 0 saturated carbocycles. The van der Waals surface area contributed by atoms with E-state index in [0.29, 0.717) is 35.1 Å². The lowest BCUT2D eigenvalue weighted by molar-refractivity contribution is -0.144. The number of amides is 2. The Morgan fingerprint density at radius 2 is 1.88 bits per heavy atom. The highest BCUT2D eigenvalue weighted by Gasteiger charge is 2.36. The lowest BCUT2D eigenvalue weighted by Gasteiger charge is -2.34. The number of aromatic nitrogens is 4. The Kier molecular flexibility index (Phi) is 8.98. The van der Waals surface area contributed by atoms with E-state index in [1.54, 1.807) is 25.3 Å². The Bertz CT molecular complexity index is 1320. The molecule has 40 heavy (non-hydrogen) atoms. The van der Waals surface area contributed by atoms with Crippen LogP contribution in [0.1, 0.15) is 45.2 Å². The first-order valence-electron chi connectivity index (χ1n) is 13.1. The third-order valence-electron chi connectivity index (χ3n) is 6.36. The normalized spacial score (nSPS) is 15.9. The molecular formula is C28H35FN6O5. The van der Waals surface area contributed by atoms with Crippen LogP contribution in [0, 0.1) is 5.82 Å². The lowest BCUT2D eigenvalue weighted by Crippen LogP contribution is -2.51. The van der Waals surface area contributed by atoms with Crippen molar-refractivity contribution >= 4 is 11.8 Å². The molecule has 1 saturated heterocycles. The molecule has 0 radical (unpaired) electrons. The Balaban J connectivity index is 1.64. The zero-order chi connectivity index (χ0) is 28.9. The number of halogens is 1. The maximum absolute atomic E-state index is 13.8. The fraction of sp³-hybridized carbons (Fsp3) is 0.464. The Labute approximate surface area is 232 Å². The molecule has 1 aliphatic rings. The van der Waals surface area contributed by atoms with E-state index in [-0.39, 0.29) is 25.1 Å². The highest BCUT2D eigenvalue weighted by atomic mass is 19.1. The van der Waals surface area contributed by atoms with Crippen molar-refractivity contribution in [2.45, 2.75) is 57.8 Å². The number of carbonyl (C=O) groups excluding carboxylic acids is 2. The number of tetrazole rings is 1. The van der Waals surface area contributed by atoms with E-state index < -0.39 is 23.3 Å². The van der Waals surface area contributed by atoms with Crippen molar-refractivity contribution in [2.75, 3.05) is 27.4 Å². The van der Waals surface area contributed by atoms with Crippen molar-refractivity contribution in [2.24, 2.45) is 0 Å². The molecular weight excluding hydrogens is 519 g/mol. The highest BCUT2D eigenvalue weighted by Crippen LogP contribution is 2.31. The maximum atomic E-state index is 13.8. The summed E-state index contributed by atoms with van der Waals surface area (Å²) in [5, 5.41) is 15.5. The van der Waals surface area contributed by atoms with E-state index in [1.807, 2.05) is 20.8 Å². The number of nitrogens with one attached hydrogen (secondary N) is 1. The van der Waals surface area contributed by atoms with Crippen LogP contribution in [-0.4, -0.2) is 75.9 Å². The lowest BCUT2D eigenvalue weighted by atomic mass is 10.0. The third-order valence-corrected chi connectivity index (χ3v) is 6.36. The van der Waals surface area contributed by atoms with Crippen LogP contribution in [0.3, 0.4) is 0 Å². The number of hydrogen-bond acceptors (Lipinski definition) is 8. The maximum Gasteiger partial charge on any atom is 0.247 e. The number of rotatable bonds is 10. The van der Waals surface area contributed by atoms with Gasteiger partial charge in [-0.3, -0.25) is 9.59 Å². The summed E-state index contributed by atoms with van der Waals surface area (Å²) in [7, 11) is 3.07. The number of ether oxygens (including phenoxy) is 3. The largest absolute Gasteiger partial charge is 0.493 e. The van der Waals surface area contributed by atoms with Gasteiger partial charge in [-0.1, -0.05) is 12.1 Å². The molecule has 2 atom stereocenters. The van der Waals surface area contributed by atoms with Gasteiger partial charge >= 0.3 is 0 Å². The molecule has 3 aromatic rings. The molecule has 1 aromatic heterocycles. The zero-order valence-corrected chi connectivity index (χ0v) is 23.4. The monoisotopic (exact) mass is 554 g/mol. The van der Waals surface area contributed by atoms with Crippen molar-refractivity contribution in [1.82, 2.24) is 30.4 Å². The minimum atomic E-state index is -1.02. The van der Waals surface area contributed by atoms with Crippen molar-refractivity contribution in [3.05, 3.63) is 53.8 Å². The van der Waals surface area contributed by atoms with Gasteiger partial charge < -0.3 is 24.4 Å². The minimum absolute atomic E-state index is 0.176. The third kappa shape index (κ3) is 7.12. The van der Waals surface area contributed by atoms with Crippen LogP contribution in [0.15, 0.2) is 42.5 Å². The summed E-state index contributed by atoms with van der Waals surface area (Å²) in [6, 6.07) is 9.76. The molecule has 2 aromatic carbocycles. The summed E-state index contributed by atoms with van der Waals surface area (Å²) < 4.78 is 30.2. The van der Waals surface area contributed by atoms with E-state index in [4.69, 9.17) is 14.2 Å². The van der Waals surface area contributed by atoms with Gasteiger partial charge in [0.1, 0.15) is 18.4 Å². The molecule has 2 heterocycles. The highest BCUT2D eigenvalue weighted by molar-refractivity contribution is 5.89. The van der Waals surface area contributed by atoms with E-state index in [2.05, 4.69) is 20.7 Å². The summed E-state index contributed by atoms with van der Waals surface area (Å²) in [4.78, 5) is 30.1. The average molecular weight is 555 g/mol. The van der Waals surface area contributed by atoms with Crippen LogP contribution >= 0.6 is 0 Å². The molecule has 214 valence electrons. The average Bonchev–Trinajstić information content (AvgIpc) is 3.60. The number of nitrogens with zero attached hydrogens (tertiary/aromatic N) is 5. The second-order valence-electron chi connectivity index (χ2n) is 10.6. The van der Waals surface area contributed by atoms with Crippen LogP contribution in [-0.2, 0) is 20.9 Å². The molecule has 1 aliphatic heterocycles. The molecule has 4 rings (SSSR count). The van der Waals surface area contributed by atoms with Crippen LogP contribution in [0.4, 0.5) is 4.39 Å². The molecule has 0 aliphatic carbocycles. The first kappa shape index (κ1) is 28.9. The van der Waals surface area contributed by atoms with Crippen molar-refractivity contribution in [3.8, 4) is 22.9 Å². The van der Waals surface area contributed by atoms with E-state index in [9.17, 15) is 14.0 Å². The fourth-order valence-electron chi connectivity index (χ4n) is 4.53. The SMILES string of the molecule is COc1ccc(-c2nnn(CC(=O)N(C[C@@H]3CCCO3)[C@H](C(=O)NC(C)(C)C)c3ccc(F)cc3)n2)cc1OC. The van der Waals surface area contributed by atoms with E-state index in [0.717, 1.165) is 12.8 Å². The first-order valence-corrected chi connectivity index (χ1v) is 13.1. The molecule has 2 amide bonds. The second-order valence-corrected chi connectivity index (χ2v) is 10.6. The van der Waals surface area contributed by atoms with Crippen molar-refractivity contribution in [1.29, 1.82) is 0 Å². The molecule has 0 spiro atoms. The van der Waals surface area contributed by atoms with E-state index >= 15 is 0 Å². The van der Waals surface area contributed by atoms with Gasteiger partial charge in [0, 0.05) is 24.3 Å². The zero-order valence-electron chi connectivity index (χ0n) is 23.4. The van der Waals surface area contributed by atoms with Gasteiger partial charge in [0.25, 0.3) is 0 Å². The summed E-state index contributed by atoms with van der Waals surface area (Å²) in [5.41, 5.74) is 0.545. The number of carbonyl (C=O) groups is 2. The molecule has 1 N–H and O–H groups in total. The van der Waals surface area contributed by atoms with Gasteiger partial charge in [-0.2, -0.15) is 4.80 Å². The molecule has 11 nitrogen and oxygen atoms in total. The minimum Gasteiger partial charge on any atom is -0.493 e. The predicted molar refractivity (Wildman–Crippen MR) is 144 cm³/mol. The first-order chi connectivity index (χ1) is 19.1. The van der Waals surface area contributed by atoms with Crippen molar-refractivity contribution < 1.29 is 28.2 Å². The van der Waals surface area contributed by atoms with Gasteiger partial charge in [0.05, 0.1) is 20.3 Å². The summed E-state index contributed by atoms with van der Waals surface area (Å²) >= 11 is 0. The molecule has 0 unspecified atom stereocenters. The van der Waals surface area contributed by atoms with Crippen molar-refractivity contribution in [3.63, 3.8) is 0 Å². The molecule has 0 bridgehead atoms. The molecule has 1 fully saturated rings. The van der Waals surface area contributed by atoms with Crippen LogP contribution in [0.5, 0.6) is 11.5 Å². The van der Waals surface area contributed by atoms with E-state index in [1.165, 1.54) is 41.1 Å². The number of hydrogen-bond donors (Lipinski definition) is 1. The van der Waals surface area contributed by atoms with Gasteiger partial charge in [-0.25, -0.2) is 4.39 Å². The second kappa shape index (κ2) is 12.4. The Hall–Kier alpha value is -4.06. The standard InChI is InChI=1S/C28H35FN6O5/c1-28(2,3)30-27(37)25(18-8-11-20(29)12-9-18)34(16-21-7-6-14-40-21)24(36)17-35-32-26(31-33-35)19-10-13-22(38-4)23(15-19)39-5/h8-13,15,21,25H,6-7,14,16-17H2,1-5H3,(H,30,37)/t21-,25-/m0/s1. The van der Waals surface area contributed by atoms with Gasteiger partial charge in [-0.15, -0.1) is 10.2 Å². The van der Waals surface area contributed by atoms with Crippen LogP contribution in [0.25, 0.3) is 11.4 Å². The fourth-order valence-corrected chi connectivity index (χ4v) is 4.53. The smallest absolute Gasteiger partial charge is 0.247 e. The summed E-state index contributed by atoms with van der Waals surface area (Å²) in [6.45, 7) is 6.06. The van der Waals surface area contributed by atoms with Gasteiger partial charge in [-0.05, 0) is 74.7 Å². The van der Waals surface area contributed by atoms with Crippen LogP contribution < -0.4 is 14.8 Å². The van der Waals surface area contributed by atoms with Crippen LogP contribution in [0.2, 0.25) is 0 Å². The topological polar surface area (TPSA) is 121 Å².